The molecular formula is C14H26O. The van der Waals surface area contributed by atoms with Crippen molar-refractivity contribution in [1.82, 2.24) is 0 Å². The highest BCUT2D eigenvalue weighted by molar-refractivity contribution is 5.04. The Hall–Kier alpha value is -0.0400. The van der Waals surface area contributed by atoms with Gasteiger partial charge in [0, 0.05) is 0 Å². The molecule has 2 unspecified atom stereocenters. The third-order valence-electron chi connectivity index (χ3n) is 4.82. The van der Waals surface area contributed by atoms with Crippen molar-refractivity contribution in [3.63, 3.8) is 0 Å². The van der Waals surface area contributed by atoms with Crippen molar-refractivity contribution in [3.8, 4) is 0 Å². The molecule has 0 aromatic rings. The van der Waals surface area contributed by atoms with Crippen LogP contribution in [0.2, 0.25) is 0 Å². The molecule has 0 spiro atoms. The smallest absolute Gasteiger partial charge is 0.0690 e. The van der Waals surface area contributed by atoms with Gasteiger partial charge in [-0.3, -0.25) is 0 Å². The van der Waals surface area contributed by atoms with E-state index in [1.165, 1.54) is 25.7 Å². The van der Waals surface area contributed by atoms with Crippen LogP contribution in [0.4, 0.5) is 0 Å². The Labute approximate surface area is 94.6 Å². The molecule has 2 fully saturated rings. The molecule has 1 aliphatic carbocycles. The molecule has 15 heavy (non-hydrogen) atoms. The lowest BCUT2D eigenvalue weighted by Crippen LogP contribution is -2.37. The van der Waals surface area contributed by atoms with Gasteiger partial charge in [0.2, 0.25) is 0 Å². The van der Waals surface area contributed by atoms with Crippen LogP contribution < -0.4 is 0 Å². The average molecular weight is 210 g/mol. The predicted molar refractivity (Wildman–Crippen MR) is 63.9 cm³/mol. The van der Waals surface area contributed by atoms with Gasteiger partial charge in [-0.2, -0.15) is 0 Å². The van der Waals surface area contributed by atoms with E-state index in [1.54, 1.807) is 0 Å². The summed E-state index contributed by atoms with van der Waals surface area (Å²) in [5.74, 6) is 1.49. The third-order valence-corrected chi connectivity index (χ3v) is 4.82. The van der Waals surface area contributed by atoms with E-state index < -0.39 is 0 Å². The Kier molecular flexibility index (Phi) is 2.65. The number of ether oxygens (including phenoxy) is 1. The molecule has 1 heterocycles. The lowest BCUT2D eigenvalue weighted by Gasteiger charge is -2.38. The summed E-state index contributed by atoms with van der Waals surface area (Å²) in [4.78, 5) is 0. The van der Waals surface area contributed by atoms with E-state index in [0.29, 0.717) is 11.5 Å². The average Bonchev–Trinajstić information content (AvgIpc) is 2.30. The summed E-state index contributed by atoms with van der Waals surface area (Å²) in [6, 6.07) is 0. The summed E-state index contributed by atoms with van der Waals surface area (Å²) in [5.41, 5.74) is 0.637. The Bertz CT molecular complexity index is 248. The van der Waals surface area contributed by atoms with Crippen LogP contribution in [0.1, 0.15) is 60.3 Å². The van der Waals surface area contributed by atoms with Crippen molar-refractivity contribution in [2.24, 2.45) is 17.3 Å². The number of hydrogen-bond acceptors (Lipinski definition) is 1. The van der Waals surface area contributed by atoms with Crippen molar-refractivity contribution >= 4 is 0 Å². The Morgan fingerprint density at radius 3 is 2.53 bits per heavy atom. The van der Waals surface area contributed by atoms with Gasteiger partial charge in [0.25, 0.3) is 0 Å². The molecule has 0 amide bonds. The maximum Gasteiger partial charge on any atom is 0.0690 e. The topological polar surface area (TPSA) is 9.23 Å². The summed E-state index contributed by atoms with van der Waals surface area (Å²) in [5, 5.41) is 0. The zero-order valence-electron chi connectivity index (χ0n) is 11.0. The first-order valence-electron chi connectivity index (χ1n) is 6.53. The minimum Gasteiger partial charge on any atom is -0.371 e. The van der Waals surface area contributed by atoms with E-state index in [9.17, 15) is 0 Å². The summed E-state index contributed by atoms with van der Waals surface area (Å²) in [7, 11) is 0. The molecule has 0 N–H and O–H groups in total. The first kappa shape index (κ1) is 11.4. The first-order chi connectivity index (χ1) is 6.86. The lowest BCUT2D eigenvalue weighted by molar-refractivity contribution is -0.0667. The van der Waals surface area contributed by atoms with Crippen LogP contribution in [0, 0.1) is 17.3 Å². The summed E-state index contributed by atoms with van der Waals surface area (Å²) in [6.07, 6.45) is 5.73. The van der Waals surface area contributed by atoms with Gasteiger partial charge in [-0.25, -0.2) is 0 Å². The summed E-state index contributed by atoms with van der Waals surface area (Å²) < 4.78 is 6.40. The quantitative estimate of drug-likeness (QED) is 0.669. The van der Waals surface area contributed by atoms with E-state index in [4.69, 9.17) is 4.74 Å². The van der Waals surface area contributed by atoms with Gasteiger partial charge in [0.05, 0.1) is 11.7 Å². The minimum atomic E-state index is 0.173. The van der Waals surface area contributed by atoms with Gasteiger partial charge < -0.3 is 4.74 Å². The molecule has 0 aromatic heterocycles. The summed E-state index contributed by atoms with van der Waals surface area (Å²) in [6.45, 7) is 11.7. The van der Waals surface area contributed by atoms with Gasteiger partial charge in [-0.05, 0) is 49.9 Å². The summed E-state index contributed by atoms with van der Waals surface area (Å²) >= 11 is 0. The molecule has 2 bridgehead atoms. The second-order valence-corrected chi connectivity index (χ2v) is 6.82. The second kappa shape index (κ2) is 3.48. The highest BCUT2D eigenvalue weighted by Crippen LogP contribution is 2.56. The van der Waals surface area contributed by atoms with E-state index in [2.05, 4.69) is 34.6 Å². The maximum atomic E-state index is 6.40. The van der Waals surface area contributed by atoms with Crippen molar-refractivity contribution < 1.29 is 4.74 Å². The SMILES string of the molecule is CC(C)C[C@@H]1O[C@]2(C)CC1(C)CCC2C. The molecule has 88 valence electrons. The predicted octanol–water partition coefficient (Wildman–Crippen LogP) is 4.02. The Morgan fingerprint density at radius 2 is 2.00 bits per heavy atom. The molecule has 1 saturated carbocycles. The fourth-order valence-electron chi connectivity index (χ4n) is 3.58. The van der Waals surface area contributed by atoms with E-state index in [1.807, 2.05) is 0 Å². The Balaban J connectivity index is 2.16. The number of hydrogen-bond donors (Lipinski definition) is 0. The Morgan fingerprint density at radius 1 is 1.33 bits per heavy atom. The van der Waals surface area contributed by atoms with Crippen molar-refractivity contribution in [2.45, 2.75) is 72.0 Å². The maximum absolute atomic E-state index is 6.40. The van der Waals surface area contributed by atoms with Crippen molar-refractivity contribution in [2.75, 3.05) is 0 Å². The fourth-order valence-corrected chi connectivity index (χ4v) is 3.58. The van der Waals surface area contributed by atoms with E-state index in [-0.39, 0.29) is 5.60 Å². The van der Waals surface area contributed by atoms with Crippen molar-refractivity contribution in [3.05, 3.63) is 0 Å². The van der Waals surface area contributed by atoms with E-state index >= 15 is 0 Å². The molecular weight excluding hydrogens is 184 g/mol. The van der Waals surface area contributed by atoms with Crippen molar-refractivity contribution in [1.29, 1.82) is 0 Å². The molecule has 0 aromatic carbocycles. The molecule has 4 atom stereocenters. The van der Waals surface area contributed by atoms with Gasteiger partial charge >= 0.3 is 0 Å². The molecule has 1 nitrogen and oxygen atoms in total. The monoisotopic (exact) mass is 210 g/mol. The van der Waals surface area contributed by atoms with Gasteiger partial charge in [-0.1, -0.05) is 27.7 Å². The van der Waals surface area contributed by atoms with Gasteiger partial charge in [-0.15, -0.1) is 0 Å². The van der Waals surface area contributed by atoms with Gasteiger partial charge in [0.15, 0.2) is 0 Å². The molecule has 2 rings (SSSR count). The highest BCUT2D eigenvalue weighted by Gasteiger charge is 2.55. The minimum absolute atomic E-state index is 0.173. The molecule has 1 aliphatic heterocycles. The lowest BCUT2D eigenvalue weighted by atomic mass is 9.65. The second-order valence-electron chi connectivity index (χ2n) is 6.82. The molecule has 1 heteroatoms. The fraction of sp³-hybridized carbons (Fsp3) is 1.00. The largest absolute Gasteiger partial charge is 0.371 e. The van der Waals surface area contributed by atoms with Crippen LogP contribution >= 0.6 is 0 Å². The molecule has 2 aliphatic rings. The van der Waals surface area contributed by atoms with E-state index in [0.717, 1.165) is 11.8 Å². The zero-order chi connectivity index (χ0) is 11.3. The number of fused-ring (bicyclic) bond motifs is 2. The standard InChI is InChI=1S/C14H26O/c1-10(2)8-12-13(4)7-6-11(3)14(5,9-13)15-12/h10-12H,6-9H2,1-5H3/t11?,12-,13?,14+/m0/s1. The molecule has 0 radical (unpaired) electrons. The van der Waals surface area contributed by atoms with Crippen LogP contribution in [0.15, 0.2) is 0 Å². The zero-order valence-corrected chi connectivity index (χ0v) is 11.0. The first-order valence-corrected chi connectivity index (χ1v) is 6.53. The normalized spacial score (nSPS) is 50.0. The van der Waals surface area contributed by atoms with Crippen LogP contribution in [0.5, 0.6) is 0 Å². The highest BCUT2D eigenvalue weighted by atomic mass is 16.5. The van der Waals surface area contributed by atoms with Crippen LogP contribution in [0.3, 0.4) is 0 Å². The third kappa shape index (κ3) is 1.84. The van der Waals surface area contributed by atoms with Crippen LogP contribution in [-0.4, -0.2) is 11.7 Å². The van der Waals surface area contributed by atoms with Crippen LogP contribution in [-0.2, 0) is 4.74 Å². The van der Waals surface area contributed by atoms with Crippen LogP contribution in [0.25, 0.3) is 0 Å². The van der Waals surface area contributed by atoms with Gasteiger partial charge in [0.1, 0.15) is 0 Å². The molecule has 1 saturated heterocycles. The number of rotatable bonds is 2.